The molecular formula is C41H46ClF2N3O5Si. The maximum absolute atomic E-state index is 14.4. The molecule has 8 rings (SSSR count). The van der Waals surface area contributed by atoms with Crippen LogP contribution in [0.15, 0.2) is 111 Å². The highest BCUT2D eigenvalue weighted by Gasteiger charge is 2.25. The SMILES string of the molecule is C.C.C[Si](C)(C)CCOCn1ccnc1C(O)c1ccc(F)c2oc3ccccc3c12.Cl.OC(C1=NC=CC1)c1ccc(F)c2oc3ccccc3c12. The van der Waals surface area contributed by atoms with Gasteiger partial charge in [0.2, 0.25) is 0 Å². The Labute approximate surface area is 314 Å². The number of aliphatic imine (C=N–C) groups is 1. The first-order valence-corrected chi connectivity index (χ1v) is 20.2. The summed E-state index contributed by atoms with van der Waals surface area (Å²) in [6.07, 6.45) is 5.68. The molecule has 8 nitrogen and oxygen atoms in total. The summed E-state index contributed by atoms with van der Waals surface area (Å²) in [5, 5.41) is 24.4. The fourth-order valence-corrected chi connectivity index (χ4v) is 6.95. The van der Waals surface area contributed by atoms with E-state index in [-0.39, 0.29) is 38.4 Å². The number of halogens is 3. The topological polar surface area (TPSA) is 106 Å². The molecule has 4 aromatic carbocycles. The maximum Gasteiger partial charge on any atom is 0.171 e. The van der Waals surface area contributed by atoms with E-state index in [1.54, 1.807) is 47.4 Å². The number of aromatic nitrogens is 2. The number of fused-ring (bicyclic) bond motifs is 6. The smallest absolute Gasteiger partial charge is 0.171 e. The monoisotopic (exact) mass is 761 g/mol. The number of hydrogen-bond acceptors (Lipinski definition) is 7. The summed E-state index contributed by atoms with van der Waals surface area (Å²) in [7, 11) is -1.17. The molecule has 2 unspecified atom stereocenters. The van der Waals surface area contributed by atoms with Crippen LogP contribution in [-0.4, -0.2) is 40.2 Å². The van der Waals surface area contributed by atoms with E-state index in [1.807, 2.05) is 42.5 Å². The van der Waals surface area contributed by atoms with Gasteiger partial charge >= 0.3 is 0 Å². The number of aliphatic hydroxyl groups is 2. The molecule has 0 amide bonds. The van der Waals surface area contributed by atoms with Crippen molar-refractivity contribution in [2.45, 2.75) is 65.9 Å². The summed E-state index contributed by atoms with van der Waals surface area (Å²) in [5.74, 6) is -0.426. The molecule has 7 aromatic rings. The summed E-state index contributed by atoms with van der Waals surface area (Å²) in [4.78, 5) is 8.50. The number of allylic oxidation sites excluding steroid dienone is 1. The van der Waals surface area contributed by atoms with E-state index < -0.39 is 31.9 Å². The van der Waals surface area contributed by atoms with E-state index in [1.165, 1.54) is 12.1 Å². The predicted molar refractivity (Wildman–Crippen MR) is 215 cm³/mol. The third-order valence-electron chi connectivity index (χ3n) is 8.82. The number of aliphatic hydroxyl groups excluding tert-OH is 2. The van der Waals surface area contributed by atoms with Gasteiger partial charge < -0.3 is 28.4 Å². The van der Waals surface area contributed by atoms with Gasteiger partial charge in [-0.15, -0.1) is 12.4 Å². The van der Waals surface area contributed by atoms with Gasteiger partial charge in [0.1, 0.15) is 35.9 Å². The van der Waals surface area contributed by atoms with Crippen molar-refractivity contribution in [3.63, 3.8) is 0 Å². The lowest BCUT2D eigenvalue weighted by Crippen LogP contribution is -2.22. The Morgan fingerprint density at radius 2 is 1.36 bits per heavy atom. The molecule has 1 aliphatic rings. The molecule has 0 radical (unpaired) electrons. The molecule has 1 aliphatic heterocycles. The average molecular weight is 762 g/mol. The van der Waals surface area contributed by atoms with Crippen molar-refractivity contribution in [3.05, 3.63) is 126 Å². The third-order valence-corrected chi connectivity index (χ3v) is 10.5. The minimum Gasteiger partial charge on any atom is -0.453 e. The van der Waals surface area contributed by atoms with E-state index in [4.69, 9.17) is 13.6 Å². The Balaban J connectivity index is 0.000000233. The third kappa shape index (κ3) is 8.29. The zero-order valence-electron chi connectivity index (χ0n) is 28.3. The van der Waals surface area contributed by atoms with Crippen LogP contribution in [0, 0.1) is 11.6 Å². The van der Waals surface area contributed by atoms with Crippen LogP contribution in [0.3, 0.4) is 0 Å². The Kier molecular flexibility index (Phi) is 13.2. The molecule has 12 heteroatoms. The van der Waals surface area contributed by atoms with Crippen LogP contribution in [-0.2, 0) is 11.5 Å². The van der Waals surface area contributed by atoms with E-state index in [9.17, 15) is 19.0 Å². The van der Waals surface area contributed by atoms with E-state index in [0.717, 1.165) is 16.8 Å². The van der Waals surface area contributed by atoms with Crippen LogP contribution in [0.25, 0.3) is 43.9 Å². The summed E-state index contributed by atoms with van der Waals surface area (Å²) >= 11 is 0. The normalized spacial score (nSPS) is 13.6. The van der Waals surface area contributed by atoms with Gasteiger partial charge in [-0.2, -0.15) is 0 Å². The highest BCUT2D eigenvalue weighted by molar-refractivity contribution is 6.76. The molecule has 4 heterocycles. The number of hydrogen-bond donors (Lipinski definition) is 2. The van der Waals surface area contributed by atoms with Gasteiger partial charge in [-0.05, 0) is 41.4 Å². The molecule has 0 fully saturated rings. The van der Waals surface area contributed by atoms with Crippen LogP contribution < -0.4 is 0 Å². The van der Waals surface area contributed by atoms with Crippen molar-refractivity contribution < 1.29 is 32.6 Å². The summed E-state index contributed by atoms with van der Waals surface area (Å²) < 4.78 is 47.3. The molecule has 0 saturated carbocycles. The summed E-state index contributed by atoms with van der Waals surface area (Å²) in [5.41, 5.74) is 3.36. The summed E-state index contributed by atoms with van der Waals surface area (Å²) in [6.45, 7) is 7.90. The first-order valence-electron chi connectivity index (χ1n) is 16.5. The first-order chi connectivity index (χ1) is 24.1. The number of imidazole rings is 1. The molecular weight excluding hydrogens is 716 g/mol. The molecule has 280 valence electrons. The minimum absolute atomic E-state index is 0. The van der Waals surface area contributed by atoms with Crippen molar-refractivity contribution in [3.8, 4) is 0 Å². The highest BCUT2D eigenvalue weighted by atomic mass is 35.5. The van der Waals surface area contributed by atoms with E-state index in [2.05, 4.69) is 29.6 Å². The second-order valence-corrected chi connectivity index (χ2v) is 19.1. The van der Waals surface area contributed by atoms with Crippen LogP contribution in [0.5, 0.6) is 0 Å². The van der Waals surface area contributed by atoms with Crippen LogP contribution in [0.2, 0.25) is 25.7 Å². The van der Waals surface area contributed by atoms with Gasteiger partial charge in [-0.1, -0.05) is 89.1 Å². The Morgan fingerprint density at radius 3 is 1.89 bits per heavy atom. The number of benzene rings is 4. The van der Waals surface area contributed by atoms with Crippen molar-refractivity contribution in [1.82, 2.24) is 9.55 Å². The predicted octanol–water partition coefficient (Wildman–Crippen LogP) is 11.1. The lowest BCUT2D eigenvalue weighted by molar-refractivity contribution is 0.0787. The standard InChI is InChI=1S/C22H25FN2O3Si.C17H12FNO2.2CH4.ClH/c1-29(2,3)13-12-27-14-25-11-10-24-22(25)20(26)16-8-9-17(23)21-19(16)15-6-4-5-7-18(15)28-21;18-12-8-7-11(16(20)13-5-3-9-19-13)15-10-4-1-2-6-14(10)21-17(12)15;;;/h4-11,20,26H,12-14H2,1-3H3;1-4,6-9,16,20H,5H2;2*1H4;1H. The number of nitrogens with zero attached hydrogens (tertiary/aromatic N) is 3. The average Bonchev–Trinajstić information content (AvgIpc) is 3.93. The first kappa shape index (κ1) is 41.1. The fourth-order valence-electron chi connectivity index (χ4n) is 6.19. The Hall–Kier alpha value is -4.65. The second kappa shape index (κ2) is 17.0. The molecule has 53 heavy (non-hydrogen) atoms. The highest BCUT2D eigenvalue weighted by Crippen LogP contribution is 2.38. The van der Waals surface area contributed by atoms with Gasteiger partial charge in [-0.25, -0.2) is 13.8 Å². The van der Waals surface area contributed by atoms with Crippen molar-refractivity contribution in [2.75, 3.05) is 6.61 Å². The lowest BCUT2D eigenvalue weighted by atomic mass is 9.98. The van der Waals surface area contributed by atoms with Crippen molar-refractivity contribution in [2.24, 2.45) is 4.99 Å². The minimum atomic E-state index is -1.17. The van der Waals surface area contributed by atoms with Gasteiger partial charge in [-0.3, -0.25) is 4.99 Å². The zero-order chi connectivity index (χ0) is 35.0. The van der Waals surface area contributed by atoms with Gasteiger partial charge in [0, 0.05) is 61.2 Å². The van der Waals surface area contributed by atoms with E-state index in [0.29, 0.717) is 64.4 Å². The Bertz CT molecular complexity index is 2390. The molecule has 0 spiro atoms. The van der Waals surface area contributed by atoms with Gasteiger partial charge in [0.25, 0.3) is 0 Å². The van der Waals surface area contributed by atoms with Crippen molar-refractivity contribution >= 4 is 70.1 Å². The molecule has 2 N–H and O–H groups in total. The Morgan fingerprint density at radius 1 is 0.811 bits per heavy atom. The van der Waals surface area contributed by atoms with Crippen molar-refractivity contribution in [1.29, 1.82) is 0 Å². The van der Waals surface area contributed by atoms with E-state index >= 15 is 0 Å². The lowest BCUT2D eigenvalue weighted by Gasteiger charge is -2.17. The molecule has 2 atom stereocenters. The quantitative estimate of drug-likeness (QED) is 0.112. The molecule has 3 aromatic heterocycles. The van der Waals surface area contributed by atoms with Crippen LogP contribution in [0.1, 0.15) is 50.4 Å². The number of rotatable bonds is 9. The number of furan rings is 2. The largest absolute Gasteiger partial charge is 0.453 e. The van der Waals surface area contributed by atoms with Crippen LogP contribution in [0.4, 0.5) is 8.78 Å². The van der Waals surface area contributed by atoms with Gasteiger partial charge in [0.05, 0.1) is 5.71 Å². The second-order valence-electron chi connectivity index (χ2n) is 13.5. The summed E-state index contributed by atoms with van der Waals surface area (Å²) in [6, 6.07) is 21.6. The molecule has 0 bridgehead atoms. The maximum atomic E-state index is 14.4. The van der Waals surface area contributed by atoms with Gasteiger partial charge in [0.15, 0.2) is 22.8 Å². The molecule has 0 saturated heterocycles. The molecule has 0 aliphatic carbocycles. The number of para-hydroxylation sites is 2. The number of ether oxygens (including phenoxy) is 1. The zero-order valence-corrected chi connectivity index (χ0v) is 30.2. The fraction of sp³-hybridized carbons (Fsp3) is 0.268. The van der Waals surface area contributed by atoms with Crippen LogP contribution >= 0.6 is 12.4 Å².